The molecule has 54 heavy (non-hydrogen) atoms. The number of alkyl halides is 1. The maximum atomic E-state index is 12.7. The number of likely N-dealkylation sites (N-methyl/N-ethyl adjacent to an activating group) is 1. The molecular weight excluding hydrogens is 817 g/mol. The summed E-state index contributed by atoms with van der Waals surface area (Å²) in [6.45, 7) is 4.66. The van der Waals surface area contributed by atoms with Crippen molar-refractivity contribution in [2.75, 3.05) is 34.9 Å². The van der Waals surface area contributed by atoms with E-state index in [1.807, 2.05) is 0 Å². The Morgan fingerprint density at radius 3 is 1.24 bits per heavy atom. The molecule has 0 spiro atoms. The third kappa shape index (κ3) is 42.1. The summed E-state index contributed by atoms with van der Waals surface area (Å²) in [4.78, 5) is 25.2. The first-order valence-electron chi connectivity index (χ1n) is 21.4. The molecule has 0 aliphatic heterocycles. The van der Waals surface area contributed by atoms with Crippen LogP contribution in [-0.2, 0) is 33.6 Å². The van der Waals surface area contributed by atoms with E-state index in [1.165, 1.54) is 122 Å². The predicted octanol–water partition coefficient (Wildman–Crippen LogP) is 12.1. The number of carbonyl (C=O) groups excluding carboxylic acids is 2. The summed E-state index contributed by atoms with van der Waals surface area (Å²) in [6.07, 6.45) is 41.9. The Balaban J connectivity index is 0. The number of hydrogen-bond donors (Lipinski definition) is 0. The van der Waals surface area contributed by atoms with Crippen LogP contribution < -0.4 is 0 Å². The summed E-state index contributed by atoms with van der Waals surface area (Å²) in [5.74, 6) is -0.364. The van der Waals surface area contributed by atoms with E-state index >= 15 is 0 Å². The highest BCUT2D eigenvalue weighted by molar-refractivity contribution is 14.1. The minimum atomic E-state index is -4.41. The average molecular weight is 900 g/mol. The first-order chi connectivity index (χ1) is 25.8. The normalized spacial score (nSPS) is 13.2. The molecule has 320 valence electrons. The fraction of sp³-hybridized carbons (Fsp3) is 0.860. The van der Waals surface area contributed by atoms with Gasteiger partial charge in [-0.15, -0.1) is 0 Å². The Morgan fingerprint density at radius 1 is 0.593 bits per heavy atom. The molecule has 11 heteroatoms. The summed E-state index contributed by atoms with van der Waals surface area (Å²) in [7, 11) is 2.63. The fourth-order valence-electron chi connectivity index (χ4n) is 5.82. The molecule has 0 fully saturated rings. The van der Waals surface area contributed by atoms with Gasteiger partial charge < -0.3 is 18.5 Å². The smallest absolute Gasteiger partial charge is 0.306 e. The summed E-state index contributed by atoms with van der Waals surface area (Å²) in [5.41, 5.74) is 0. The summed E-state index contributed by atoms with van der Waals surface area (Å²) >= 11 is 2.33. The molecular formula is C43H82INO8S. The Labute approximate surface area is 346 Å². The Morgan fingerprint density at radius 2 is 0.907 bits per heavy atom. The SMILES string of the molecule is CCCCCCCCC=CCCCCCCCC(=O)OCC(OC(=O)CCCCCCCC=CCCCCCCCC)C(I)[N+](C)(C)C.COS(=O)(=O)[O-]. The maximum Gasteiger partial charge on any atom is 0.306 e. The highest BCUT2D eigenvalue weighted by Gasteiger charge is 2.34. The molecule has 0 aromatic carbocycles. The fourth-order valence-corrected chi connectivity index (χ4v) is 6.18. The van der Waals surface area contributed by atoms with Crippen LogP contribution in [0.25, 0.3) is 0 Å². The van der Waals surface area contributed by atoms with Gasteiger partial charge in [0.25, 0.3) is 0 Å². The molecule has 0 radical (unpaired) electrons. The largest absolute Gasteiger partial charge is 0.726 e. The van der Waals surface area contributed by atoms with E-state index in [2.05, 4.69) is 86.1 Å². The van der Waals surface area contributed by atoms with Crippen molar-refractivity contribution in [3.8, 4) is 0 Å². The summed E-state index contributed by atoms with van der Waals surface area (Å²) in [5, 5.41) is 0. The summed E-state index contributed by atoms with van der Waals surface area (Å²) < 4.78 is 43.1. The van der Waals surface area contributed by atoms with Gasteiger partial charge in [0.15, 0.2) is 10.2 Å². The Hall–Kier alpha value is -1.02. The van der Waals surface area contributed by atoms with Crippen LogP contribution in [0.2, 0.25) is 0 Å². The van der Waals surface area contributed by atoms with Crippen molar-refractivity contribution in [1.29, 1.82) is 0 Å². The van der Waals surface area contributed by atoms with Gasteiger partial charge in [-0.1, -0.05) is 141 Å². The van der Waals surface area contributed by atoms with Crippen molar-refractivity contribution >= 4 is 44.9 Å². The van der Waals surface area contributed by atoms with Crippen LogP contribution in [0.4, 0.5) is 0 Å². The minimum Gasteiger partial charge on any atom is -0.726 e. The van der Waals surface area contributed by atoms with Gasteiger partial charge >= 0.3 is 11.9 Å². The molecule has 0 rings (SSSR count). The van der Waals surface area contributed by atoms with Gasteiger partial charge in [0.05, 0.1) is 28.3 Å². The molecule has 0 heterocycles. The molecule has 0 N–H and O–H groups in total. The number of quaternary nitrogens is 1. The quantitative estimate of drug-likeness (QED) is 0.00702. The van der Waals surface area contributed by atoms with Crippen molar-refractivity contribution in [3.05, 3.63) is 24.3 Å². The molecule has 0 aliphatic carbocycles. The van der Waals surface area contributed by atoms with Crippen molar-refractivity contribution in [2.45, 2.75) is 204 Å². The van der Waals surface area contributed by atoms with E-state index in [0.717, 1.165) is 52.1 Å². The van der Waals surface area contributed by atoms with E-state index in [-0.39, 0.29) is 22.6 Å². The number of rotatable bonds is 36. The lowest BCUT2D eigenvalue weighted by atomic mass is 10.1. The van der Waals surface area contributed by atoms with Crippen LogP contribution in [0.5, 0.6) is 0 Å². The van der Waals surface area contributed by atoms with Crippen LogP contribution in [-0.4, -0.2) is 74.4 Å². The molecule has 2 atom stereocenters. The number of esters is 2. The first kappa shape index (κ1) is 55.1. The standard InChI is InChI=1S/C42H79INO4.CH4O4S/c1-6-8-10-12-14-16-18-20-22-24-26-28-30-32-34-36-40(45)47-38-39(42(43)44(3,4)5)48-41(46)37-35-33-31-29-27-25-23-21-19-17-15-13-11-9-7-2;1-5-6(2,3)4/h20-23,39,42H,6-19,24-38H2,1-5H3;1H3,(H,2,3,4)/q+1;/p-1. The number of ether oxygens (including phenoxy) is 2. The highest BCUT2D eigenvalue weighted by Crippen LogP contribution is 2.21. The predicted molar refractivity (Wildman–Crippen MR) is 232 cm³/mol. The van der Waals surface area contributed by atoms with Crippen LogP contribution >= 0.6 is 22.6 Å². The number of allylic oxidation sites excluding steroid dienone is 4. The van der Waals surface area contributed by atoms with E-state index < -0.39 is 16.5 Å². The second-order valence-electron chi connectivity index (χ2n) is 15.4. The van der Waals surface area contributed by atoms with Crippen LogP contribution in [0.15, 0.2) is 24.3 Å². The minimum absolute atomic E-state index is 0.00620. The molecule has 2 unspecified atom stereocenters. The van der Waals surface area contributed by atoms with Crippen molar-refractivity contribution in [1.82, 2.24) is 0 Å². The van der Waals surface area contributed by atoms with E-state index in [9.17, 15) is 22.6 Å². The van der Waals surface area contributed by atoms with Gasteiger partial charge in [0, 0.05) is 12.8 Å². The molecule has 0 aromatic rings. The van der Waals surface area contributed by atoms with E-state index in [1.54, 1.807) is 0 Å². The first-order valence-corrected chi connectivity index (χ1v) is 24.0. The monoisotopic (exact) mass is 899 g/mol. The number of hydrogen-bond acceptors (Lipinski definition) is 8. The average Bonchev–Trinajstić information content (AvgIpc) is 3.12. The summed E-state index contributed by atoms with van der Waals surface area (Å²) in [6, 6.07) is 0. The molecule has 0 aliphatic rings. The van der Waals surface area contributed by atoms with E-state index in [4.69, 9.17) is 9.47 Å². The lowest BCUT2D eigenvalue weighted by Crippen LogP contribution is -2.51. The van der Waals surface area contributed by atoms with Crippen molar-refractivity contribution in [3.63, 3.8) is 0 Å². The molecule has 0 amide bonds. The zero-order valence-electron chi connectivity index (χ0n) is 35.5. The molecule has 0 aromatic heterocycles. The van der Waals surface area contributed by atoms with Gasteiger partial charge in [0.2, 0.25) is 10.4 Å². The molecule has 0 bridgehead atoms. The topological polar surface area (TPSA) is 119 Å². The third-order valence-electron chi connectivity index (χ3n) is 9.23. The third-order valence-corrected chi connectivity index (χ3v) is 12.1. The maximum absolute atomic E-state index is 12.7. The Kier molecular flexibility index (Phi) is 39.6. The zero-order valence-corrected chi connectivity index (χ0v) is 38.4. The zero-order chi connectivity index (χ0) is 40.8. The van der Waals surface area contributed by atoms with Gasteiger partial charge in [-0.2, -0.15) is 0 Å². The lowest BCUT2D eigenvalue weighted by molar-refractivity contribution is -0.879. The van der Waals surface area contributed by atoms with Gasteiger partial charge in [-0.05, 0) is 86.8 Å². The van der Waals surface area contributed by atoms with Gasteiger partial charge in [-0.3, -0.25) is 13.8 Å². The van der Waals surface area contributed by atoms with Gasteiger partial charge in [-0.25, -0.2) is 8.42 Å². The Bertz CT molecular complexity index is 1030. The van der Waals surface area contributed by atoms with E-state index in [0.29, 0.717) is 17.3 Å². The van der Waals surface area contributed by atoms with Crippen LogP contribution in [0.3, 0.4) is 0 Å². The second kappa shape index (κ2) is 38.8. The number of halogens is 1. The van der Waals surface area contributed by atoms with Crippen molar-refractivity contribution < 1.29 is 40.7 Å². The van der Waals surface area contributed by atoms with Crippen LogP contribution in [0, 0.1) is 0 Å². The van der Waals surface area contributed by atoms with Crippen LogP contribution in [0.1, 0.15) is 194 Å². The molecule has 0 saturated heterocycles. The van der Waals surface area contributed by atoms with Crippen molar-refractivity contribution in [2.24, 2.45) is 0 Å². The number of carbonyl (C=O) groups is 2. The van der Waals surface area contributed by atoms with Gasteiger partial charge in [0.1, 0.15) is 6.61 Å². The lowest BCUT2D eigenvalue weighted by Gasteiger charge is -2.34. The number of nitrogens with zero attached hydrogens (tertiary/aromatic N) is 1. The molecule has 0 saturated carbocycles. The second-order valence-corrected chi connectivity index (χ2v) is 17.9. The highest BCUT2D eigenvalue weighted by atomic mass is 127. The number of unbranched alkanes of at least 4 members (excludes halogenated alkanes) is 22. The molecule has 9 nitrogen and oxygen atoms in total.